The Hall–Kier alpha value is -3.58. The van der Waals surface area contributed by atoms with Crippen LogP contribution in [0, 0.1) is 15.9 Å². The van der Waals surface area contributed by atoms with Crippen LogP contribution < -0.4 is 10.2 Å². The smallest absolute Gasteiger partial charge is 0.311 e. The highest BCUT2D eigenvalue weighted by molar-refractivity contribution is 7.89. The van der Waals surface area contributed by atoms with Gasteiger partial charge in [-0.2, -0.15) is 9.41 Å². The van der Waals surface area contributed by atoms with E-state index < -0.39 is 39.8 Å². The van der Waals surface area contributed by atoms with Crippen LogP contribution >= 0.6 is 23.2 Å². The zero-order chi connectivity index (χ0) is 27.2. The normalized spacial score (nSPS) is 11.6. The largest absolute Gasteiger partial charge is 0.490 e. The Morgan fingerprint density at radius 1 is 1.19 bits per heavy atom. The molecule has 0 bridgehead atoms. The first kappa shape index (κ1) is 28.0. The van der Waals surface area contributed by atoms with E-state index in [1.807, 2.05) is 0 Å². The molecule has 1 amide bonds. The third kappa shape index (κ3) is 7.01. The van der Waals surface area contributed by atoms with Crippen molar-refractivity contribution in [2.45, 2.75) is 11.4 Å². The number of sulfonamides is 1. The van der Waals surface area contributed by atoms with Crippen LogP contribution in [0.15, 0.2) is 70.7 Å². The molecule has 37 heavy (non-hydrogen) atoms. The van der Waals surface area contributed by atoms with Gasteiger partial charge in [0, 0.05) is 33.8 Å². The number of hydrogen-bond donors (Lipinski definition) is 1. The van der Waals surface area contributed by atoms with E-state index in [2.05, 4.69) is 10.5 Å². The lowest BCUT2D eigenvalue weighted by atomic mass is 10.2. The van der Waals surface area contributed by atoms with Gasteiger partial charge in [-0.3, -0.25) is 14.9 Å². The number of nitrogens with one attached hydrogen (secondary N) is 1. The molecule has 3 rings (SSSR count). The molecule has 10 nitrogen and oxygen atoms in total. The van der Waals surface area contributed by atoms with E-state index in [0.29, 0.717) is 5.02 Å². The van der Waals surface area contributed by atoms with Gasteiger partial charge in [0.2, 0.25) is 10.0 Å². The van der Waals surface area contributed by atoms with Crippen molar-refractivity contribution >= 4 is 51.0 Å². The van der Waals surface area contributed by atoms with Gasteiger partial charge in [-0.05, 0) is 48.5 Å². The Labute approximate surface area is 221 Å². The predicted molar refractivity (Wildman–Crippen MR) is 136 cm³/mol. The van der Waals surface area contributed by atoms with Crippen molar-refractivity contribution in [2.24, 2.45) is 5.10 Å². The minimum Gasteiger partial charge on any atom is -0.490 e. The molecular formula is C23H19Cl2FN4O6S. The lowest BCUT2D eigenvalue weighted by Crippen LogP contribution is -2.39. The number of rotatable bonds is 10. The maximum absolute atomic E-state index is 14.4. The molecule has 0 aliphatic carbocycles. The number of methoxy groups -OCH3 is 1. The Kier molecular flexibility index (Phi) is 9.16. The van der Waals surface area contributed by atoms with Crippen LogP contribution in [0.4, 0.5) is 10.1 Å². The number of benzene rings is 3. The highest BCUT2D eigenvalue weighted by Gasteiger charge is 2.28. The number of carbonyl (C=O) groups is 1. The van der Waals surface area contributed by atoms with E-state index in [0.717, 1.165) is 16.6 Å². The molecule has 194 valence electrons. The van der Waals surface area contributed by atoms with Crippen LogP contribution in [0.2, 0.25) is 10.0 Å². The number of carbonyl (C=O) groups excluding carboxylic acids is 1. The number of nitro benzene ring substituents is 1. The third-order valence-electron chi connectivity index (χ3n) is 4.97. The van der Waals surface area contributed by atoms with E-state index in [9.17, 15) is 27.7 Å². The highest BCUT2D eigenvalue weighted by Crippen LogP contribution is 2.27. The molecule has 0 spiro atoms. The summed E-state index contributed by atoms with van der Waals surface area (Å²) in [6.07, 6.45) is 1.14. The fourth-order valence-electron chi connectivity index (χ4n) is 3.15. The van der Waals surface area contributed by atoms with Crippen LogP contribution in [0.5, 0.6) is 5.75 Å². The van der Waals surface area contributed by atoms with E-state index in [1.165, 1.54) is 61.7 Å². The van der Waals surface area contributed by atoms with Gasteiger partial charge >= 0.3 is 5.69 Å². The molecule has 0 aromatic heterocycles. The molecule has 0 aliphatic rings. The minimum atomic E-state index is -4.30. The van der Waals surface area contributed by atoms with Crippen molar-refractivity contribution in [3.05, 3.63) is 97.8 Å². The summed E-state index contributed by atoms with van der Waals surface area (Å²) in [4.78, 5) is 23.0. The van der Waals surface area contributed by atoms with E-state index in [1.54, 1.807) is 0 Å². The molecule has 0 saturated carbocycles. The zero-order valence-corrected chi connectivity index (χ0v) is 21.4. The number of halogens is 3. The van der Waals surface area contributed by atoms with E-state index in [-0.39, 0.29) is 32.5 Å². The monoisotopic (exact) mass is 568 g/mol. The van der Waals surface area contributed by atoms with Crippen molar-refractivity contribution in [2.75, 3.05) is 13.7 Å². The number of ether oxygens (including phenoxy) is 1. The van der Waals surface area contributed by atoms with Gasteiger partial charge in [-0.25, -0.2) is 18.2 Å². The maximum atomic E-state index is 14.4. The minimum absolute atomic E-state index is 0.0177. The SMILES string of the molecule is COc1ccc(/C=N\NC(=O)CN(Cc2c(F)cccc2Cl)S(=O)(=O)c2ccc(Cl)cc2)cc1[N+](=O)[O-]. The molecule has 0 fully saturated rings. The molecule has 3 aromatic rings. The summed E-state index contributed by atoms with van der Waals surface area (Å²) < 4.78 is 46.7. The summed E-state index contributed by atoms with van der Waals surface area (Å²) in [7, 11) is -3.01. The van der Waals surface area contributed by atoms with Gasteiger partial charge in [0.1, 0.15) is 5.82 Å². The number of nitro groups is 1. The maximum Gasteiger partial charge on any atom is 0.311 e. The predicted octanol–water partition coefficient (Wildman–Crippen LogP) is 4.39. The summed E-state index contributed by atoms with van der Waals surface area (Å²) >= 11 is 11.9. The van der Waals surface area contributed by atoms with Gasteiger partial charge in [0.15, 0.2) is 5.75 Å². The second-order valence-electron chi connectivity index (χ2n) is 7.41. The van der Waals surface area contributed by atoms with Gasteiger partial charge in [0.05, 0.1) is 29.7 Å². The zero-order valence-electron chi connectivity index (χ0n) is 19.1. The van der Waals surface area contributed by atoms with Crippen LogP contribution in [-0.2, 0) is 21.4 Å². The van der Waals surface area contributed by atoms with Crippen molar-refractivity contribution in [1.29, 1.82) is 0 Å². The second kappa shape index (κ2) is 12.1. The molecule has 0 radical (unpaired) electrons. The Bertz CT molecular complexity index is 1430. The van der Waals surface area contributed by atoms with Crippen LogP contribution in [0.25, 0.3) is 0 Å². The van der Waals surface area contributed by atoms with Crippen molar-refractivity contribution in [3.63, 3.8) is 0 Å². The first-order valence-corrected chi connectivity index (χ1v) is 12.6. The Morgan fingerprint density at radius 3 is 2.51 bits per heavy atom. The molecular weight excluding hydrogens is 550 g/mol. The molecule has 0 unspecified atom stereocenters. The number of hydrogen-bond acceptors (Lipinski definition) is 7. The summed E-state index contributed by atoms with van der Waals surface area (Å²) in [5, 5.41) is 15.2. The fraction of sp³-hybridized carbons (Fsp3) is 0.130. The first-order chi connectivity index (χ1) is 17.5. The lowest BCUT2D eigenvalue weighted by Gasteiger charge is -2.22. The van der Waals surface area contributed by atoms with Gasteiger partial charge in [-0.15, -0.1) is 0 Å². The highest BCUT2D eigenvalue weighted by atomic mass is 35.5. The van der Waals surface area contributed by atoms with Crippen molar-refractivity contribution in [1.82, 2.24) is 9.73 Å². The van der Waals surface area contributed by atoms with Gasteiger partial charge in [0.25, 0.3) is 5.91 Å². The number of nitrogens with zero attached hydrogens (tertiary/aromatic N) is 3. The van der Waals surface area contributed by atoms with Crippen molar-refractivity contribution in [3.8, 4) is 5.75 Å². The Balaban J connectivity index is 1.83. The first-order valence-electron chi connectivity index (χ1n) is 10.4. The molecule has 0 atom stereocenters. The summed E-state index contributed by atoms with van der Waals surface area (Å²) in [6.45, 7) is -1.28. The molecule has 1 N–H and O–H groups in total. The fourth-order valence-corrected chi connectivity index (χ4v) is 4.86. The molecule has 3 aromatic carbocycles. The van der Waals surface area contributed by atoms with Crippen molar-refractivity contribution < 1.29 is 27.3 Å². The van der Waals surface area contributed by atoms with Gasteiger partial charge < -0.3 is 4.74 Å². The molecule has 14 heteroatoms. The molecule has 0 aliphatic heterocycles. The van der Waals surface area contributed by atoms with Crippen LogP contribution in [0.1, 0.15) is 11.1 Å². The summed E-state index contributed by atoms with van der Waals surface area (Å²) in [5.41, 5.74) is 2.01. The second-order valence-corrected chi connectivity index (χ2v) is 10.2. The standard InChI is InChI=1S/C23H19Cl2FN4O6S/c1-36-22-10-5-15(11-21(22)30(32)33)12-27-28-23(31)14-29(13-18-19(25)3-2-4-20(18)26)37(34,35)17-8-6-16(24)7-9-17/h2-12H,13-14H2,1H3,(H,28,31)/b27-12-. The van der Waals surface area contributed by atoms with E-state index >= 15 is 0 Å². The number of amides is 1. The molecule has 0 saturated heterocycles. The van der Waals surface area contributed by atoms with Crippen LogP contribution in [-0.4, -0.2) is 43.4 Å². The van der Waals surface area contributed by atoms with Crippen LogP contribution in [0.3, 0.4) is 0 Å². The van der Waals surface area contributed by atoms with Gasteiger partial charge in [-0.1, -0.05) is 29.3 Å². The number of hydrazone groups is 1. The Morgan fingerprint density at radius 2 is 1.89 bits per heavy atom. The summed E-state index contributed by atoms with van der Waals surface area (Å²) in [6, 6.07) is 13.1. The average molecular weight is 569 g/mol. The average Bonchev–Trinajstić information content (AvgIpc) is 2.85. The molecule has 0 heterocycles. The third-order valence-corrected chi connectivity index (χ3v) is 7.38. The van der Waals surface area contributed by atoms with E-state index in [4.69, 9.17) is 27.9 Å². The lowest BCUT2D eigenvalue weighted by molar-refractivity contribution is -0.385. The topological polar surface area (TPSA) is 131 Å². The quantitative estimate of drug-likeness (QED) is 0.219. The summed E-state index contributed by atoms with van der Waals surface area (Å²) in [5.74, 6) is -1.56.